The van der Waals surface area contributed by atoms with Crippen LogP contribution in [-0.4, -0.2) is 21.3 Å². The van der Waals surface area contributed by atoms with Gasteiger partial charge in [-0.3, -0.25) is 4.79 Å². The zero-order chi connectivity index (χ0) is 10.9. The van der Waals surface area contributed by atoms with E-state index < -0.39 is 23.1 Å². The highest BCUT2D eigenvalue weighted by atomic mass is 32.1. The molecule has 1 atom stereocenters. The number of halogens is 3. The molecule has 8 heteroatoms. The van der Waals surface area contributed by atoms with Crippen LogP contribution in [0.15, 0.2) is 0 Å². The van der Waals surface area contributed by atoms with Gasteiger partial charge in [-0.2, -0.15) is 13.2 Å². The first-order valence-corrected chi connectivity index (χ1v) is 4.27. The lowest BCUT2D eigenvalue weighted by molar-refractivity contribution is -0.139. The fourth-order valence-corrected chi connectivity index (χ4v) is 1.38. The van der Waals surface area contributed by atoms with E-state index in [1.165, 1.54) is 6.92 Å². The third-order valence-electron chi connectivity index (χ3n) is 1.42. The Hall–Kier alpha value is -1.18. The molecule has 0 aromatic carbocycles. The van der Waals surface area contributed by atoms with Gasteiger partial charge >= 0.3 is 12.1 Å². The van der Waals surface area contributed by atoms with Gasteiger partial charge in [-0.25, -0.2) is 0 Å². The average molecular weight is 226 g/mol. The molecule has 1 N–H and O–H groups in total. The van der Waals surface area contributed by atoms with Crippen LogP contribution in [-0.2, 0) is 11.0 Å². The number of carbonyl (C=O) groups is 1. The molecule has 0 aliphatic rings. The third-order valence-corrected chi connectivity index (χ3v) is 2.57. The molecule has 0 saturated heterocycles. The normalized spacial score (nSPS) is 14.0. The second kappa shape index (κ2) is 3.52. The van der Waals surface area contributed by atoms with Gasteiger partial charge < -0.3 is 5.11 Å². The first-order valence-electron chi connectivity index (χ1n) is 3.45. The molecule has 1 heterocycles. The number of aromatic nitrogens is 2. The monoisotopic (exact) mass is 226 g/mol. The summed E-state index contributed by atoms with van der Waals surface area (Å²) in [4.78, 5) is 10.4. The van der Waals surface area contributed by atoms with E-state index in [0.717, 1.165) is 0 Å². The molecular formula is C6H5F3N2O2S. The van der Waals surface area contributed by atoms with Crippen LogP contribution in [0.1, 0.15) is 22.9 Å². The van der Waals surface area contributed by atoms with Crippen LogP contribution in [0.5, 0.6) is 0 Å². The van der Waals surface area contributed by atoms with Crippen molar-refractivity contribution in [2.45, 2.75) is 19.0 Å². The van der Waals surface area contributed by atoms with E-state index >= 15 is 0 Å². The van der Waals surface area contributed by atoms with Gasteiger partial charge in [-0.1, -0.05) is 11.3 Å². The molecule has 0 amide bonds. The molecule has 1 rings (SSSR count). The molecule has 0 spiro atoms. The van der Waals surface area contributed by atoms with Crippen LogP contribution < -0.4 is 0 Å². The van der Waals surface area contributed by atoms with Crippen LogP contribution in [0.25, 0.3) is 0 Å². The van der Waals surface area contributed by atoms with E-state index in [9.17, 15) is 18.0 Å². The predicted octanol–water partition coefficient (Wildman–Crippen LogP) is 1.74. The minimum Gasteiger partial charge on any atom is -0.481 e. The molecule has 0 aliphatic heterocycles. The fourth-order valence-electron chi connectivity index (χ4n) is 0.630. The summed E-state index contributed by atoms with van der Waals surface area (Å²) < 4.78 is 36.1. The van der Waals surface area contributed by atoms with E-state index in [0.29, 0.717) is 0 Å². The highest BCUT2D eigenvalue weighted by Gasteiger charge is 2.36. The number of carboxylic acids is 1. The van der Waals surface area contributed by atoms with Gasteiger partial charge in [0.15, 0.2) is 0 Å². The summed E-state index contributed by atoms with van der Waals surface area (Å²) in [5, 5.41) is 13.3. The Bertz CT molecular complexity index is 349. The highest BCUT2D eigenvalue weighted by molar-refractivity contribution is 7.11. The maximum atomic E-state index is 12.0. The maximum absolute atomic E-state index is 12.0. The first kappa shape index (κ1) is 10.9. The summed E-state index contributed by atoms with van der Waals surface area (Å²) in [5.74, 6) is -2.29. The largest absolute Gasteiger partial charge is 0.481 e. The summed E-state index contributed by atoms with van der Waals surface area (Å²) in [6.45, 7) is 1.25. The fraction of sp³-hybridized carbons (Fsp3) is 0.500. The molecule has 0 bridgehead atoms. The molecule has 78 valence electrons. The summed E-state index contributed by atoms with van der Waals surface area (Å²) in [6.07, 6.45) is -4.56. The van der Waals surface area contributed by atoms with Crippen molar-refractivity contribution >= 4 is 17.3 Å². The summed E-state index contributed by atoms with van der Waals surface area (Å²) in [5.41, 5.74) is 0. The lowest BCUT2D eigenvalue weighted by Gasteiger charge is -1.99. The molecule has 1 unspecified atom stereocenters. The van der Waals surface area contributed by atoms with Crippen LogP contribution in [0.3, 0.4) is 0 Å². The number of rotatable bonds is 2. The smallest absolute Gasteiger partial charge is 0.445 e. The van der Waals surface area contributed by atoms with Crippen molar-refractivity contribution < 1.29 is 23.1 Å². The van der Waals surface area contributed by atoms with Gasteiger partial charge in [0.05, 0.1) is 0 Å². The molecule has 0 aliphatic carbocycles. The maximum Gasteiger partial charge on any atom is 0.445 e. The molecule has 1 aromatic heterocycles. The first-order chi connectivity index (χ1) is 6.32. The lowest BCUT2D eigenvalue weighted by Crippen LogP contribution is -2.06. The van der Waals surface area contributed by atoms with Crippen LogP contribution >= 0.6 is 11.3 Å². The number of alkyl halides is 3. The molecule has 0 fully saturated rings. The number of hydrogen-bond acceptors (Lipinski definition) is 4. The Kier molecular flexibility index (Phi) is 2.74. The summed E-state index contributed by atoms with van der Waals surface area (Å²) in [7, 11) is 0. The lowest BCUT2D eigenvalue weighted by atomic mass is 10.2. The molecule has 0 saturated carbocycles. The Labute approximate surface area is 80.4 Å². The quantitative estimate of drug-likeness (QED) is 0.834. The van der Waals surface area contributed by atoms with Gasteiger partial charge in [0.2, 0.25) is 5.01 Å². The van der Waals surface area contributed by atoms with E-state index in [1.807, 2.05) is 0 Å². The summed E-state index contributed by atoms with van der Waals surface area (Å²) >= 11 is 0.248. The van der Waals surface area contributed by atoms with Crippen molar-refractivity contribution in [3.05, 3.63) is 10.0 Å². The second-order valence-electron chi connectivity index (χ2n) is 2.50. The van der Waals surface area contributed by atoms with Crippen LogP contribution in [0.2, 0.25) is 0 Å². The van der Waals surface area contributed by atoms with Crippen molar-refractivity contribution in [3.8, 4) is 0 Å². The van der Waals surface area contributed by atoms with Gasteiger partial charge in [0.1, 0.15) is 10.9 Å². The van der Waals surface area contributed by atoms with Gasteiger partial charge in [-0.05, 0) is 6.92 Å². The van der Waals surface area contributed by atoms with E-state index in [2.05, 4.69) is 10.2 Å². The molecule has 14 heavy (non-hydrogen) atoms. The van der Waals surface area contributed by atoms with E-state index in [4.69, 9.17) is 5.11 Å². The zero-order valence-corrected chi connectivity index (χ0v) is 7.69. The Morgan fingerprint density at radius 3 is 2.43 bits per heavy atom. The van der Waals surface area contributed by atoms with Crippen molar-refractivity contribution in [1.82, 2.24) is 10.2 Å². The van der Waals surface area contributed by atoms with Crippen LogP contribution in [0.4, 0.5) is 13.2 Å². The Balaban J connectivity index is 2.94. The topological polar surface area (TPSA) is 63.1 Å². The summed E-state index contributed by atoms with van der Waals surface area (Å²) in [6, 6.07) is 0. The molecule has 1 aromatic rings. The van der Waals surface area contributed by atoms with Crippen molar-refractivity contribution in [3.63, 3.8) is 0 Å². The number of aliphatic carboxylic acids is 1. The molecule has 0 radical (unpaired) electrons. The third kappa shape index (κ3) is 2.19. The Morgan fingerprint density at radius 2 is 2.07 bits per heavy atom. The average Bonchev–Trinajstić information content (AvgIpc) is 2.49. The van der Waals surface area contributed by atoms with Gasteiger partial charge in [0, 0.05) is 0 Å². The predicted molar refractivity (Wildman–Crippen MR) is 41.0 cm³/mol. The van der Waals surface area contributed by atoms with Gasteiger partial charge in [-0.15, -0.1) is 10.2 Å². The Morgan fingerprint density at radius 1 is 1.50 bits per heavy atom. The number of nitrogens with zero attached hydrogens (tertiary/aromatic N) is 2. The van der Waals surface area contributed by atoms with Crippen LogP contribution in [0, 0.1) is 0 Å². The minimum absolute atomic E-state index is 0.148. The second-order valence-corrected chi connectivity index (χ2v) is 3.51. The van der Waals surface area contributed by atoms with Crippen molar-refractivity contribution in [2.24, 2.45) is 0 Å². The standard InChI is InChI=1S/C6H5F3N2O2S/c1-2(4(12)13)3-10-11-5(14-3)6(7,8)9/h2H,1H3,(H,12,13). The zero-order valence-electron chi connectivity index (χ0n) is 6.87. The minimum atomic E-state index is -4.56. The van der Waals surface area contributed by atoms with Crippen molar-refractivity contribution in [1.29, 1.82) is 0 Å². The highest BCUT2D eigenvalue weighted by Crippen LogP contribution is 2.33. The van der Waals surface area contributed by atoms with E-state index in [-0.39, 0.29) is 16.3 Å². The SMILES string of the molecule is CC(C(=O)O)c1nnc(C(F)(F)F)s1. The van der Waals surface area contributed by atoms with E-state index in [1.54, 1.807) is 0 Å². The van der Waals surface area contributed by atoms with Gasteiger partial charge in [0.25, 0.3) is 0 Å². The van der Waals surface area contributed by atoms with Crippen molar-refractivity contribution in [2.75, 3.05) is 0 Å². The number of carboxylic acid groups (broad SMARTS) is 1. The number of hydrogen-bond donors (Lipinski definition) is 1. The molecule has 4 nitrogen and oxygen atoms in total. The molecular weight excluding hydrogens is 221 g/mol.